The number of hydrogen-bond donors (Lipinski definition) is 3. The van der Waals surface area contributed by atoms with Gasteiger partial charge in [0.1, 0.15) is 5.52 Å². The molecule has 1 amide bonds. The Morgan fingerprint density at radius 2 is 1.76 bits per heavy atom. The van der Waals surface area contributed by atoms with E-state index in [9.17, 15) is 9.90 Å². The normalized spacial score (nSPS) is 11.8. The summed E-state index contributed by atoms with van der Waals surface area (Å²) in [5.74, 6) is 0.810. The number of carbonyl (C=O) groups excluding carboxylic acids is 1. The van der Waals surface area contributed by atoms with Crippen molar-refractivity contribution < 1.29 is 9.90 Å². The van der Waals surface area contributed by atoms with Gasteiger partial charge in [-0.1, -0.05) is 67.6 Å². The lowest BCUT2D eigenvalue weighted by Gasteiger charge is -2.12. The molecule has 3 heterocycles. The SMILES string of the molecule is CCC(O)CNC(=O)c1cncc(-c2nc(NCc3ccccc3)c3c(-c4ccccc4)ccn3n2)c1. The quantitative estimate of drug-likeness (QED) is 0.278. The van der Waals surface area contributed by atoms with E-state index >= 15 is 0 Å². The first kappa shape index (κ1) is 24.1. The zero-order valence-corrected chi connectivity index (χ0v) is 20.5. The second-order valence-corrected chi connectivity index (χ2v) is 8.75. The Kier molecular flexibility index (Phi) is 7.19. The number of aliphatic hydroxyl groups is 1. The number of nitrogens with one attached hydrogen (secondary N) is 2. The van der Waals surface area contributed by atoms with E-state index in [0.717, 1.165) is 22.2 Å². The van der Waals surface area contributed by atoms with E-state index in [1.165, 1.54) is 6.20 Å². The van der Waals surface area contributed by atoms with Gasteiger partial charge in [-0.15, -0.1) is 5.10 Å². The van der Waals surface area contributed by atoms with Crippen LogP contribution in [0, 0.1) is 0 Å². The molecule has 1 unspecified atom stereocenters. The van der Waals surface area contributed by atoms with E-state index in [1.54, 1.807) is 12.3 Å². The Balaban J connectivity index is 1.53. The number of aliphatic hydroxyl groups excluding tert-OH is 1. The first-order chi connectivity index (χ1) is 18.1. The molecule has 0 radical (unpaired) electrons. The van der Waals surface area contributed by atoms with Gasteiger partial charge in [-0.2, -0.15) is 0 Å². The summed E-state index contributed by atoms with van der Waals surface area (Å²) in [5, 5.41) is 20.8. The number of hydrogen-bond acceptors (Lipinski definition) is 6. The molecule has 186 valence electrons. The maximum atomic E-state index is 12.6. The third-order valence-electron chi connectivity index (χ3n) is 6.13. The van der Waals surface area contributed by atoms with Gasteiger partial charge >= 0.3 is 0 Å². The predicted molar refractivity (Wildman–Crippen MR) is 144 cm³/mol. The molecular formula is C29H28N6O2. The number of amides is 1. The molecule has 0 aliphatic rings. The summed E-state index contributed by atoms with van der Waals surface area (Å²) in [7, 11) is 0. The summed E-state index contributed by atoms with van der Waals surface area (Å²) in [6.07, 6.45) is 5.02. The number of nitrogens with zero attached hydrogens (tertiary/aromatic N) is 4. The fourth-order valence-corrected chi connectivity index (χ4v) is 4.05. The van der Waals surface area contributed by atoms with Gasteiger partial charge in [-0.3, -0.25) is 9.78 Å². The number of benzene rings is 2. The van der Waals surface area contributed by atoms with Crippen LogP contribution in [0.5, 0.6) is 0 Å². The second-order valence-electron chi connectivity index (χ2n) is 8.75. The van der Waals surface area contributed by atoms with Crippen molar-refractivity contribution in [1.82, 2.24) is 24.9 Å². The Morgan fingerprint density at radius 3 is 2.51 bits per heavy atom. The maximum absolute atomic E-state index is 12.6. The lowest BCUT2D eigenvalue weighted by Crippen LogP contribution is -2.31. The molecule has 37 heavy (non-hydrogen) atoms. The van der Waals surface area contributed by atoms with Crippen molar-refractivity contribution >= 4 is 17.2 Å². The van der Waals surface area contributed by atoms with Crippen LogP contribution < -0.4 is 10.6 Å². The zero-order chi connectivity index (χ0) is 25.6. The van der Waals surface area contributed by atoms with Crippen molar-refractivity contribution in [2.24, 2.45) is 0 Å². The van der Waals surface area contributed by atoms with Gasteiger partial charge in [-0.25, -0.2) is 9.50 Å². The van der Waals surface area contributed by atoms with Gasteiger partial charge in [0.25, 0.3) is 5.91 Å². The van der Waals surface area contributed by atoms with E-state index < -0.39 is 6.10 Å². The molecule has 8 heteroatoms. The van der Waals surface area contributed by atoms with Crippen molar-refractivity contribution in [2.45, 2.75) is 26.0 Å². The van der Waals surface area contributed by atoms with Gasteiger partial charge in [-0.05, 0) is 29.7 Å². The van der Waals surface area contributed by atoms with Crippen LogP contribution in [0.15, 0.2) is 91.4 Å². The third-order valence-corrected chi connectivity index (χ3v) is 6.13. The molecule has 0 saturated carbocycles. The first-order valence-corrected chi connectivity index (χ1v) is 12.3. The van der Waals surface area contributed by atoms with Crippen LogP contribution >= 0.6 is 0 Å². The number of fused-ring (bicyclic) bond motifs is 1. The third kappa shape index (κ3) is 5.49. The molecule has 0 aliphatic heterocycles. The molecule has 8 nitrogen and oxygen atoms in total. The molecule has 0 saturated heterocycles. The standard InChI is InChI=1S/C29H28N6O2/c1-2-24(36)19-32-29(37)23-15-22(17-30-18-23)27-33-28(31-16-20-9-5-3-6-10-20)26-25(13-14-35(26)34-27)21-11-7-4-8-12-21/h3-15,17-18,24,36H,2,16,19H2,1H3,(H,32,37)(H,31,33,34). The number of pyridine rings is 1. The summed E-state index contributed by atoms with van der Waals surface area (Å²) < 4.78 is 1.81. The van der Waals surface area contributed by atoms with E-state index in [-0.39, 0.29) is 12.5 Å². The highest BCUT2D eigenvalue weighted by Crippen LogP contribution is 2.31. The fraction of sp³-hybridized carbons (Fsp3) is 0.172. The summed E-state index contributed by atoms with van der Waals surface area (Å²) in [5.41, 5.74) is 5.07. The molecular weight excluding hydrogens is 464 g/mol. The molecule has 0 bridgehead atoms. The van der Waals surface area contributed by atoms with Crippen LogP contribution in [0.1, 0.15) is 29.3 Å². The van der Waals surface area contributed by atoms with E-state index in [0.29, 0.717) is 35.7 Å². The maximum Gasteiger partial charge on any atom is 0.252 e. The van der Waals surface area contributed by atoms with Crippen LogP contribution in [0.3, 0.4) is 0 Å². The first-order valence-electron chi connectivity index (χ1n) is 12.3. The Labute approximate surface area is 215 Å². The molecule has 0 fully saturated rings. The molecule has 0 spiro atoms. The fourth-order valence-electron chi connectivity index (χ4n) is 4.05. The lowest BCUT2D eigenvalue weighted by molar-refractivity contribution is 0.0913. The number of rotatable bonds is 9. The van der Waals surface area contributed by atoms with Gasteiger partial charge in [0.2, 0.25) is 0 Å². The Hall–Kier alpha value is -4.56. The zero-order valence-electron chi connectivity index (χ0n) is 20.5. The molecule has 1 atom stereocenters. The highest BCUT2D eigenvalue weighted by Gasteiger charge is 2.17. The molecule has 5 aromatic rings. The highest BCUT2D eigenvalue weighted by molar-refractivity contribution is 5.95. The number of carbonyl (C=O) groups is 1. The second kappa shape index (κ2) is 11.0. The topological polar surface area (TPSA) is 104 Å². The van der Waals surface area contributed by atoms with Crippen molar-refractivity contribution in [1.29, 1.82) is 0 Å². The number of anilines is 1. The van der Waals surface area contributed by atoms with Gasteiger partial charge < -0.3 is 15.7 Å². The van der Waals surface area contributed by atoms with Gasteiger partial charge in [0.15, 0.2) is 11.6 Å². The minimum absolute atomic E-state index is 0.182. The molecule has 0 aliphatic carbocycles. The van der Waals surface area contributed by atoms with Crippen molar-refractivity contribution in [3.63, 3.8) is 0 Å². The molecule has 3 aromatic heterocycles. The minimum atomic E-state index is -0.586. The van der Waals surface area contributed by atoms with Crippen LogP contribution in [0.25, 0.3) is 28.0 Å². The van der Waals surface area contributed by atoms with Crippen LogP contribution in [0.4, 0.5) is 5.82 Å². The summed E-state index contributed by atoms with van der Waals surface area (Å²) in [4.78, 5) is 21.8. The largest absolute Gasteiger partial charge is 0.391 e. The van der Waals surface area contributed by atoms with Crippen molar-refractivity contribution in [3.8, 4) is 22.5 Å². The lowest BCUT2D eigenvalue weighted by atomic mass is 10.1. The predicted octanol–water partition coefficient (Wildman–Crippen LogP) is 4.57. The average Bonchev–Trinajstić information content (AvgIpc) is 3.40. The van der Waals surface area contributed by atoms with Gasteiger partial charge in [0, 0.05) is 42.8 Å². The Morgan fingerprint density at radius 1 is 1.00 bits per heavy atom. The van der Waals surface area contributed by atoms with Crippen LogP contribution in [-0.2, 0) is 6.54 Å². The average molecular weight is 493 g/mol. The smallest absolute Gasteiger partial charge is 0.252 e. The molecule has 3 N–H and O–H groups in total. The summed E-state index contributed by atoms with van der Waals surface area (Å²) in [6, 6.07) is 24.0. The molecule has 5 rings (SSSR count). The van der Waals surface area contributed by atoms with E-state index in [1.807, 2.05) is 60.1 Å². The number of aromatic nitrogens is 4. The molecule has 2 aromatic carbocycles. The monoisotopic (exact) mass is 492 g/mol. The van der Waals surface area contributed by atoms with Crippen LogP contribution in [0.2, 0.25) is 0 Å². The van der Waals surface area contributed by atoms with E-state index in [2.05, 4.69) is 39.9 Å². The Bertz CT molecular complexity index is 1500. The van der Waals surface area contributed by atoms with Gasteiger partial charge in [0.05, 0.1) is 11.7 Å². The van der Waals surface area contributed by atoms with Crippen LogP contribution in [-0.4, -0.2) is 43.2 Å². The summed E-state index contributed by atoms with van der Waals surface area (Å²) >= 11 is 0. The minimum Gasteiger partial charge on any atom is -0.391 e. The van der Waals surface area contributed by atoms with E-state index in [4.69, 9.17) is 10.1 Å². The summed E-state index contributed by atoms with van der Waals surface area (Å²) in [6.45, 7) is 2.63. The van der Waals surface area contributed by atoms with Crippen molar-refractivity contribution in [3.05, 3.63) is 103 Å². The highest BCUT2D eigenvalue weighted by atomic mass is 16.3. The van der Waals surface area contributed by atoms with Crippen molar-refractivity contribution in [2.75, 3.05) is 11.9 Å².